The van der Waals surface area contributed by atoms with Crippen LogP contribution < -0.4 is 0 Å². The van der Waals surface area contributed by atoms with Crippen molar-refractivity contribution in [3.63, 3.8) is 0 Å². The van der Waals surface area contributed by atoms with E-state index in [0.29, 0.717) is 36.5 Å². The second kappa shape index (κ2) is 7.49. The molecule has 0 aromatic heterocycles. The van der Waals surface area contributed by atoms with Gasteiger partial charge in [0.1, 0.15) is 0 Å². The first kappa shape index (κ1) is 21.6. The smallest absolute Gasteiger partial charge is 0.303 e. The molecule has 4 fully saturated rings. The van der Waals surface area contributed by atoms with Crippen molar-refractivity contribution in [3.05, 3.63) is 0 Å². The Morgan fingerprint density at radius 1 is 1.00 bits per heavy atom. The molecule has 4 aliphatic carbocycles. The van der Waals surface area contributed by atoms with Crippen LogP contribution in [0.15, 0.2) is 0 Å². The van der Waals surface area contributed by atoms with Crippen LogP contribution in [0.25, 0.3) is 0 Å². The molecule has 29 heavy (non-hydrogen) atoms. The Hall–Kier alpha value is -0.650. The minimum Gasteiger partial charge on any atom is -0.481 e. The van der Waals surface area contributed by atoms with Crippen LogP contribution in [0.5, 0.6) is 0 Å². The van der Waals surface area contributed by atoms with Crippen LogP contribution >= 0.6 is 0 Å². The molecular weight excluding hydrogens is 368 g/mol. The fourth-order valence-electron chi connectivity index (χ4n) is 8.51. The molecule has 9 atom stereocenters. The fourth-order valence-corrected chi connectivity index (χ4v) is 8.51. The third-order valence-electron chi connectivity index (χ3n) is 10.2. The van der Waals surface area contributed by atoms with Crippen molar-refractivity contribution in [2.24, 2.45) is 34.5 Å². The standard InChI is InChI=1S/C24H40O5/c1-22-11-10-19-17(18(22)8-7-15(22)5-3-4-6-21(27)28)13-20(26)24(29)14-16(25)9-12-23(19,24)2/h15-20,25-26,29H,3-14H2,1-2H3,(H,27,28)/t15-,16-,17-,18-,19-,20+,22+,23+,24-/m0/s1. The summed E-state index contributed by atoms with van der Waals surface area (Å²) in [6, 6.07) is 0. The van der Waals surface area contributed by atoms with Crippen LogP contribution in [0.2, 0.25) is 0 Å². The molecule has 0 bridgehead atoms. The fraction of sp³-hybridized carbons (Fsp3) is 0.958. The molecule has 166 valence electrons. The molecule has 0 aromatic carbocycles. The van der Waals surface area contributed by atoms with Crippen LogP contribution in [0.1, 0.15) is 90.9 Å². The van der Waals surface area contributed by atoms with Crippen molar-refractivity contribution in [2.45, 2.75) is 109 Å². The van der Waals surface area contributed by atoms with E-state index in [9.17, 15) is 20.1 Å². The molecule has 0 saturated heterocycles. The van der Waals surface area contributed by atoms with Gasteiger partial charge in [0.05, 0.1) is 17.8 Å². The lowest BCUT2D eigenvalue weighted by atomic mass is 9.42. The number of carbonyl (C=O) groups is 1. The van der Waals surface area contributed by atoms with Gasteiger partial charge in [-0.3, -0.25) is 4.79 Å². The van der Waals surface area contributed by atoms with Gasteiger partial charge < -0.3 is 20.4 Å². The number of hydrogen-bond donors (Lipinski definition) is 4. The van der Waals surface area contributed by atoms with Gasteiger partial charge in [-0.25, -0.2) is 0 Å². The summed E-state index contributed by atoms with van der Waals surface area (Å²) in [5.74, 6) is 1.42. The quantitative estimate of drug-likeness (QED) is 0.520. The highest BCUT2D eigenvalue weighted by molar-refractivity contribution is 5.66. The third-order valence-corrected chi connectivity index (χ3v) is 10.2. The summed E-state index contributed by atoms with van der Waals surface area (Å²) >= 11 is 0. The average Bonchev–Trinajstić information content (AvgIpc) is 2.98. The van der Waals surface area contributed by atoms with Gasteiger partial charge >= 0.3 is 5.97 Å². The Morgan fingerprint density at radius 3 is 2.48 bits per heavy atom. The second-order valence-electron chi connectivity index (χ2n) is 11.3. The maximum atomic E-state index is 11.5. The van der Waals surface area contributed by atoms with Crippen LogP contribution in [-0.4, -0.2) is 44.2 Å². The molecule has 5 heteroatoms. The molecule has 0 amide bonds. The van der Waals surface area contributed by atoms with Crippen molar-refractivity contribution in [1.82, 2.24) is 0 Å². The number of aliphatic hydroxyl groups is 3. The first-order valence-corrected chi connectivity index (χ1v) is 11.9. The van der Waals surface area contributed by atoms with Crippen LogP contribution in [0, 0.1) is 34.5 Å². The lowest BCUT2D eigenvalue weighted by Gasteiger charge is -2.65. The average molecular weight is 409 g/mol. The van der Waals surface area contributed by atoms with Gasteiger partial charge in [-0.15, -0.1) is 0 Å². The lowest BCUT2D eigenvalue weighted by Crippen LogP contribution is -2.68. The lowest BCUT2D eigenvalue weighted by molar-refractivity contribution is -0.264. The second-order valence-corrected chi connectivity index (χ2v) is 11.3. The van der Waals surface area contributed by atoms with Crippen molar-refractivity contribution < 1.29 is 25.2 Å². The maximum absolute atomic E-state index is 11.5. The van der Waals surface area contributed by atoms with Crippen LogP contribution in [0.4, 0.5) is 0 Å². The van der Waals surface area contributed by atoms with Gasteiger partial charge in [-0.1, -0.05) is 20.3 Å². The Balaban J connectivity index is 1.51. The van der Waals surface area contributed by atoms with Gasteiger partial charge in [-0.05, 0) is 86.9 Å². The summed E-state index contributed by atoms with van der Waals surface area (Å²) in [7, 11) is 0. The topological polar surface area (TPSA) is 98.0 Å². The number of unbranched alkanes of at least 4 members (excludes halogenated alkanes) is 1. The zero-order valence-electron chi connectivity index (χ0n) is 18.1. The van der Waals surface area contributed by atoms with Gasteiger partial charge in [0, 0.05) is 18.3 Å². The number of aliphatic carboxylic acids is 1. The zero-order valence-corrected chi connectivity index (χ0v) is 18.1. The van der Waals surface area contributed by atoms with Crippen LogP contribution in [-0.2, 0) is 4.79 Å². The van der Waals surface area contributed by atoms with E-state index in [4.69, 9.17) is 5.11 Å². The first-order chi connectivity index (χ1) is 13.6. The molecule has 4 saturated carbocycles. The van der Waals surface area contributed by atoms with Crippen molar-refractivity contribution in [1.29, 1.82) is 0 Å². The van der Waals surface area contributed by atoms with E-state index in [-0.39, 0.29) is 17.3 Å². The molecule has 4 aliphatic rings. The van der Waals surface area contributed by atoms with E-state index in [2.05, 4.69) is 13.8 Å². The van der Waals surface area contributed by atoms with E-state index in [1.807, 2.05) is 0 Å². The number of rotatable bonds is 5. The molecular formula is C24H40O5. The largest absolute Gasteiger partial charge is 0.481 e. The number of hydrogen-bond acceptors (Lipinski definition) is 4. The van der Waals surface area contributed by atoms with Crippen molar-refractivity contribution in [3.8, 4) is 0 Å². The summed E-state index contributed by atoms with van der Waals surface area (Å²) in [6.45, 7) is 4.63. The first-order valence-electron chi connectivity index (χ1n) is 11.9. The van der Waals surface area contributed by atoms with Gasteiger partial charge in [0.25, 0.3) is 0 Å². The van der Waals surface area contributed by atoms with E-state index < -0.39 is 23.8 Å². The molecule has 4 N–H and O–H groups in total. The molecule has 4 rings (SSSR count). The summed E-state index contributed by atoms with van der Waals surface area (Å²) < 4.78 is 0. The van der Waals surface area contributed by atoms with Crippen molar-refractivity contribution >= 4 is 5.97 Å². The number of carboxylic acid groups (broad SMARTS) is 1. The zero-order chi connectivity index (χ0) is 21.0. The van der Waals surface area contributed by atoms with E-state index >= 15 is 0 Å². The minimum absolute atomic E-state index is 0.270. The maximum Gasteiger partial charge on any atom is 0.303 e. The van der Waals surface area contributed by atoms with E-state index in [0.717, 1.165) is 38.5 Å². The highest BCUT2D eigenvalue weighted by Crippen LogP contribution is 2.68. The third kappa shape index (κ3) is 3.27. The summed E-state index contributed by atoms with van der Waals surface area (Å²) in [5, 5.41) is 41.7. The molecule has 0 aromatic rings. The summed E-state index contributed by atoms with van der Waals surface area (Å²) in [4.78, 5) is 10.8. The number of fused-ring (bicyclic) bond motifs is 5. The van der Waals surface area contributed by atoms with Crippen LogP contribution in [0.3, 0.4) is 0 Å². The molecule has 0 aliphatic heterocycles. The normalized spacial score (nSPS) is 51.8. The molecule has 5 nitrogen and oxygen atoms in total. The summed E-state index contributed by atoms with van der Waals surface area (Å²) in [6.07, 6.45) is 9.08. The number of carboxylic acids is 1. The molecule has 0 spiro atoms. The predicted octanol–water partition coefficient (Wildman–Crippen LogP) is 3.74. The van der Waals surface area contributed by atoms with Gasteiger partial charge in [0.2, 0.25) is 0 Å². The van der Waals surface area contributed by atoms with Gasteiger partial charge in [-0.2, -0.15) is 0 Å². The van der Waals surface area contributed by atoms with E-state index in [1.165, 1.54) is 19.3 Å². The number of aliphatic hydroxyl groups excluding tert-OH is 2. The van der Waals surface area contributed by atoms with Gasteiger partial charge in [0.15, 0.2) is 0 Å². The Morgan fingerprint density at radius 2 is 1.76 bits per heavy atom. The summed E-state index contributed by atoms with van der Waals surface area (Å²) in [5.41, 5.74) is -1.19. The molecule has 0 radical (unpaired) electrons. The van der Waals surface area contributed by atoms with E-state index in [1.54, 1.807) is 0 Å². The Bertz CT molecular complexity index is 637. The Kier molecular flexibility index (Phi) is 5.57. The SMILES string of the molecule is C[C@]12CC[C@H]3[C@@H](C[C@@H](O)[C@@]4(O)C[C@@H](O)CC[C@]34C)[C@@H]1CC[C@@H]2CCCCC(=O)O. The monoisotopic (exact) mass is 408 g/mol. The Labute approximate surface area is 174 Å². The highest BCUT2D eigenvalue weighted by atomic mass is 16.4. The van der Waals surface area contributed by atoms with Crippen molar-refractivity contribution in [2.75, 3.05) is 0 Å². The highest BCUT2D eigenvalue weighted by Gasteiger charge is 2.67. The minimum atomic E-state index is -1.16. The predicted molar refractivity (Wildman–Crippen MR) is 110 cm³/mol. The molecule has 0 unspecified atom stereocenters. The molecule has 0 heterocycles.